The zero-order valence-corrected chi connectivity index (χ0v) is 15.5. The molecule has 1 aliphatic rings. The quantitative estimate of drug-likeness (QED) is 0.745. The van der Waals surface area contributed by atoms with E-state index < -0.39 is 0 Å². The number of aryl methyl sites for hydroxylation is 1. The number of H-pyrrole nitrogens is 2. The molecule has 3 aromatic rings. The Kier molecular flexibility index (Phi) is 4.71. The van der Waals surface area contributed by atoms with Gasteiger partial charge in [-0.1, -0.05) is 18.2 Å². The lowest BCUT2D eigenvalue weighted by molar-refractivity contribution is -0.138. The summed E-state index contributed by atoms with van der Waals surface area (Å²) in [6, 6.07) is 10.00. The summed E-state index contributed by atoms with van der Waals surface area (Å²) in [7, 11) is 0. The van der Waals surface area contributed by atoms with E-state index in [1.54, 1.807) is 0 Å². The van der Waals surface area contributed by atoms with Gasteiger partial charge in [-0.2, -0.15) is 0 Å². The fraction of sp³-hybridized carbons (Fsp3) is 0.333. The summed E-state index contributed by atoms with van der Waals surface area (Å²) in [5.41, 5.74) is 4.18. The first-order valence-corrected chi connectivity index (χ1v) is 9.35. The second-order valence-electron chi connectivity index (χ2n) is 7.11. The Hall–Kier alpha value is -3.02. The number of aromatic amines is 2. The van der Waals surface area contributed by atoms with Crippen LogP contribution in [0.25, 0.3) is 10.9 Å². The molecule has 0 spiro atoms. The monoisotopic (exact) mass is 364 g/mol. The number of nitrogens with zero attached hydrogens (tertiary/aromatic N) is 2. The van der Waals surface area contributed by atoms with Crippen LogP contribution in [0.15, 0.2) is 42.7 Å². The molecule has 0 aliphatic carbocycles. The average Bonchev–Trinajstić information content (AvgIpc) is 3.30. The first-order valence-electron chi connectivity index (χ1n) is 9.35. The molecule has 4 rings (SSSR count). The van der Waals surface area contributed by atoms with Crippen molar-refractivity contribution in [3.8, 4) is 0 Å². The van der Waals surface area contributed by atoms with Gasteiger partial charge in [0.05, 0.1) is 12.8 Å². The number of nitrogens with one attached hydrogen (secondary N) is 2. The minimum absolute atomic E-state index is 0.120. The van der Waals surface area contributed by atoms with Gasteiger partial charge in [-0.15, -0.1) is 0 Å². The fourth-order valence-corrected chi connectivity index (χ4v) is 3.79. The van der Waals surface area contributed by atoms with Crippen molar-refractivity contribution in [1.82, 2.24) is 19.8 Å². The fourth-order valence-electron chi connectivity index (χ4n) is 3.79. The number of amides is 2. The Bertz CT molecular complexity index is 950. The first kappa shape index (κ1) is 17.4. The highest BCUT2D eigenvalue weighted by atomic mass is 16.2. The standard InChI is InChI=1S/C21H24N4O2/c1-15-18(17-4-2-3-5-19(17)23-15)13-21(27)25-10-8-24(9-11-25)20(26)12-16-6-7-22-14-16/h2-7,14,22-23H,8-13H2,1H3. The molecule has 6 nitrogen and oxygen atoms in total. The number of para-hydroxylation sites is 1. The number of hydrogen-bond acceptors (Lipinski definition) is 2. The van der Waals surface area contributed by atoms with Crippen molar-refractivity contribution in [3.63, 3.8) is 0 Å². The van der Waals surface area contributed by atoms with E-state index in [1.807, 2.05) is 53.4 Å². The molecule has 1 fully saturated rings. The van der Waals surface area contributed by atoms with Gasteiger partial charge >= 0.3 is 0 Å². The minimum atomic E-state index is 0.120. The van der Waals surface area contributed by atoms with E-state index in [2.05, 4.69) is 16.0 Å². The third-order valence-electron chi connectivity index (χ3n) is 5.36. The van der Waals surface area contributed by atoms with Crippen molar-refractivity contribution in [1.29, 1.82) is 0 Å². The molecule has 2 aromatic heterocycles. The van der Waals surface area contributed by atoms with Gasteiger partial charge in [-0.05, 0) is 30.2 Å². The van der Waals surface area contributed by atoms with Crippen LogP contribution in [0.1, 0.15) is 16.8 Å². The topological polar surface area (TPSA) is 72.2 Å². The predicted octanol–water partition coefficient (Wildman–Crippen LogP) is 2.26. The summed E-state index contributed by atoms with van der Waals surface area (Å²) in [5.74, 6) is 0.245. The van der Waals surface area contributed by atoms with Crippen LogP contribution >= 0.6 is 0 Å². The predicted molar refractivity (Wildman–Crippen MR) is 104 cm³/mol. The van der Waals surface area contributed by atoms with Gasteiger partial charge in [0.15, 0.2) is 0 Å². The number of hydrogen-bond donors (Lipinski definition) is 2. The molecule has 0 unspecified atom stereocenters. The number of piperazine rings is 1. The van der Waals surface area contributed by atoms with Gasteiger partial charge in [0.2, 0.25) is 11.8 Å². The Morgan fingerprint density at radius 3 is 2.30 bits per heavy atom. The largest absolute Gasteiger partial charge is 0.367 e. The summed E-state index contributed by atoms with van der Waals surface area (Å²) >= 11 is 0. The maximum absolute atomic E-state index is 12.8. The smallest absolute Gasteiger partial charge is 0.227 e. The van der Waals surface area contributed by atoms with E-state index in [1.165, 1.54) is 0 Å². The third-order valence-corrected chi connectivity index (χ3v) is 5.36. The SMILES string of the molecule is Cc1[nH]c2ccccc2c1CC(=O)N1CCN(C(=O)Cc2cc[nH]c2)CC1. The van der Waals surface area contributed by atoms with Gasteiger partial charge in [-0.25, -0.2) is 0 Å². The molecule has 2 N–H and O–H groups in total. The molecule has 0 bridgehead atoms. The molecule has 0 saturated carbocycles. The third kappa shape index (κ3) is 3.60. The Labute approximate surface area is 158 Å². The molecule has 27 heavy (non-hydrogen) atoms. The minimum Gasteiger partial charge on any atom is -0.367 e. The van der Waals surface area contributed by atoms with Crippen LogP contribution in [0, 0.1) is 6.92 Å². The average molecular weight is 364 g/mol. The molecule has 3 heterocycles. The highest BCUT2D eigenvalue weighted by molar-refractivity contribution is 5.90. The molecule has 0 atom stereocenters. The molecule has 2 amide bonds. The van der Waals surface area contributed by atoms with E-state index in [9.17, 15) is 9.59 Å². The Morgan fingerprint density at radius 1 is 0.963 bits per heavy atom. The Balaban J connectivity index is 1.36. The summed E-state index contributed by atoms with van der Waals surface area (Å²) < 4.78 is 0. The van der Waals surface area contributed by atoms with Crippen LogP contribution in [0.2, 0.25) is 0 Å². The van der Waals surface area contributed by atoms with Crippen LogP contribution in [0.3, 0.4) is 0 Å². The summed E-state index contributed by atoms with van der Waals surface area (Å²) in [6.07, 6.45) is 4.48. The maximum Gasteiger partial charge on any atom is 0.227 e. The van der Waals surface area contributed by atoms with Crippen molar-refractivity contribution >= 4 is 22.7 Å². The maximum atomic E-state index is 12.8. The van der Waals surface area contributed by atoms with E-state index >= 15 is 0 Å². The van der Waals surface area contributed by atoms with Crippen molar-refractivity contribution in [3.05, 3.63) is 59.5 Å². The summed E-state index contributed by atoms with van der Waals surface area (Å²) in [5, 5.41) is 1.11. The normalized spacial score (nSPS) is 14.7. The van der Waals surface area contributed by atoms with Gasteiger partial charge in [0, 0.05) is 55.2 Å². The van der Waals surface area contributed by atoms with Crippen LogP contribution < -0.4 is 0 Å². The van der Waals surface area contributed by atoms with Crippen molar-refractivity contribution in [2.24, 2.45) is 0 Å². The van der Waals surface area contributed by atoms with Gasteiger partial charge in [0.1, 0.15) is 0 Å². The molecule has 140 valence electrons. The van der Waals surface area contributed by atoms with E-state index in [4.69, 9.17) is 0 Å². The van der Waals surface area contributed by atoms with E-state index in [0.29, 0.717) is 39.0 Å². The van der Waals surface area contributed by atoms with Gasteiger partial charge < -0.3 is 19.8 Å². The molecular weight excluding hydrogens is 340 g/mol. The Morgan fingerprint density at radius 2 is 1.63 bits per heavy atom. The molecule has 1 saturated heterocycles. The number of aromatic nitrogens is 2. The summed E-state index contributed by atoms with van der Waals surface area (Å²) in [4.78, 5) is 35.2. The lowest BCUT2D eigenvalue weighted by atomic mass is 10.1. The number of fused-ring (bicyclic) bond motifs is 1. The van der Waals surface area contributed by atoms with E-state index in [0.717, 1.165) is 27.7 Å². The number of rotatable bonds is 4. The second kappa shape index (κ2) is 7.31. The molecule has 1 aromatic carbocycles. The number of carbonyl (C=O) groups excluding carboxylic acids is 2. The van der Waals surface area contributed by atoms with Crippen LogP contribution in [0.5, 0.6) is 0 Å². The molecule has 0 radical (unpaired) electrons. The molecule has 6 heteroatoms. The van der Waals surface area contributed by atoms with Crippen molar-refractivity contribution < 1.29 is 9.59 Å². The zero-order valence-electron chi connectivity index (χ0n) is 15.5. The first-order chi connectivity index (χ1) is 13.1. The number of carbonyl (C=O) groups is 2. The van der Waals surface area contributed by atoms with Gasteiger partial charge in [-0.3, -0.25) is 9.59 Å². The lowest BCUT2D eigenvalue weighted by Gasteiger charge is -2.35. The molecular formula is C21H24N4O2. The number of benzene rings is 1. The van der Waals surface area contributed by atoms with Crippen molar-refractivity contribution in [2.45, 2.75) is 19.8 Å². The van der Waals surface area contributed by atoms with Crippen LogP contribution in [-0.2, 0) is 22.4 Å². The zero-order chi connectivity index (χ0) is 18.8. The second-order valence-corrected chi connectivity index (χ2v) is 7.11. The molecule has 1 aliphatic heterocycles. The van der Waals surface area contributed by atoms with Crippen molar-refractivity contribution in [2.75, 3.05) is 26.2 Å². The summed E-state index contributed by atoms with van der Waals surface area (Å²) in [6.45, 7) is 4.40. The van der Waals surface area contributed by atoms with E-state index in [-0.39, 0.29) is 11.8 Å². The lowest BCUT2D eigenvalue weighted by Crippen LogP contribution is -2.51. The highest BCUT2D eigenvalue weighted by Gasteiger charge is 2.25. The van der Waals surface area contributed by atoms with Gasteiger partial charge in [0.25, 0.3) is 0 Å². The highest BCUT2D eigenvalue weighted by Crippen LogP contribution is 2.23. The van der Waals surface area contributed by atoms with Crippen LogP contribution in [0.4, 0.5) is 0 Å². The van der Waals surface area contributed by atoms with Crippen LogP contribution in [-0.4, -0.2) is 57.8 Å².